The summed E-state index contributed by atoms with van der Waals surface area (Å²) in [6.45, 7) is 6.16. The highest BCUT2D eigenvalue weighted by molar-refractivity contribution is 7.10. The van der Waals surface area contributed by atoms with E-state index in [0.29, 0.717) is 0 Å². The number of hydrogen-bond donors (Lipinski definition) is 0. The van der Waals surface area contributed by atoms with Crippen LogP contribution >= 0.6 is 11.3 Å². The molecule has 0 amide bonds. The van der Waals surface area contributed by atoms with Gasteiger partial charge in [-0.3, -0.25) is 4.90 Å². The van der Waals surface area contributed by atoms with E-state index in [2.05, 4.69) is 58.9 Å². The molecule has 0 radical (unpaired) electrons. The number of rotatable bonds is 7. The van der Waals surface area contributed by atoms with Gasteiger partial charge in [0.15, 0.2) is 0 Å². The Balaban J connectivity index is 1.96. The van der Waals surface area contributed by atoms with Gasteiger partial charge in [0.05, 0.1) is 6.54 Å². The van der Waals surface area contributed by atoms with Crippen LogP contribution in [0.25, 0.3) is 0 Å². The van der Waals surface area contributed by atoms with E-state index in [9.17, 15) is 0 Å². The zero-order valence-corrected chi connectivity index (χ0v) is 13.7. The Kier molecular flexibility index (Phi) is 5.34. The van der Waals surface area contributed by atoms with Gasteiger partial charge in [0, 0.05) is 37.4 Å². The quantitative estimate of drug-likeness (QED) is 0.784. The van der Waals surface area contributed by atoms with Crippen molar-refractivity contribution in [2.75, 3.05) is 20.6 Å². The molecule has 0 bridgehead atoms. The molecule has 0 fully saturated rings. The smallest absolute Gasteiger partial charge is 0.122 e. The summed E-state index contributed by atoms with van der Waals surface area (Å²) in [5.74, 6) is 1.12. The Morgan fingerprint density at radius 2 is 2.05 bits per heavy atom. The van der Waals surface area contributed by atoms with Crippen molar-refractivity contribution in [2.45, 2.75) is 26.6 Å². The maximum atomic E-state index is 4.41. The van der Waals surface area contributed by atoms with Gasteiger partial charge in [0.1, 0.15) is 5.82 Å². The third kappa shape index (κ3) is 4.16. The molecule has 5 heteroatoms. The van der Waals surface area contributed by atoms with Crippen LogP contribution in [0.15, 0.2) is 23.8 Å². The van der Waals surface area contributed by atoms with Crippen molar-refractivity contribution >= 4 is 11.3 Å². The van der Waals surface area contributed by atoms with Gasteiger partial charge in [-0.1, -0.05) is 6.92 Å². The molecule has 0 saturated carbocycles. The van der Waals surface area contributed by atoms with Crippen LogP contribution < -0.4 is 0 Å². The average molecular weight is 292 g/mol. The molecular weight excluding hydrogens is 268 g/mol. The standard InChI is InChI=1S/C15H24N4S/c1-5-19(11-15-16-6-7-18(15)4)10-14-8-13(12-20-14)9-17(2)3/h6-8,12H,5,9-11H2,1-4H3. The summed E-state index contributed by atoms with van der Waals surface area (Å²) in [5.41, 5.74) is 1.41. The lowest BCUT2D eigenvalue weighted by atomic mass is 10.3. The number of nitrogens with zero attached hydrogens (tertiary/aromatic N) is 4. The minimum Gasteiger partial charge on any atom is -0.337 e. The van der Waals surface area contributed by atoms with Gasteiger partial charge in [-0.05, 0) is 37.6 Å². The highest BCUT2D eigenvalue weighted by Gasteiger charge is 2.10. The molecule has 4 nitrogen and oxygen atoms in total. The van der Waals surface area contributed by atoms with Crippen molar-refractivity contribution < 1.29 is 0 Å². The van der Waals surface area contributed by atoms with E-state index >= 15 is 0 Å². The van der Waals surface area contributed by atoms with E-state index in [4.69, 9.17) is 0 Å². The second-order valence-electron chi connectivity index (χ2n) is 5.42. The number of imidazole rings is 1. The lowest BCUT2D eigenvalue weighted by Crippen LogP contribution is -2.23. The summed E-state index contributed by atoms with van der Waals surface area (Å²) in [7, 11) is 6.27. The number of hydrogen-bond acceptors (Lipinski definition) is 4. The molecule has 0 saturated heterocycles. The van der Waals surface area contributed by atoms with E-state index < -0.39 is 0 Å². The van der Waals surface area contributed by atoms with Crippen molar-refractivity contribution in [1.29, 1.82) is 0 Å². The monoisotopic (exact) mass is 292 g/mol. The minimum absolute atomic E-state index is 0.904. The van der Waals surface area contributed by atoms with Gasteiger partial charge in [-0.25, -0.2) is 4.98 Å². The highest BCUT2D eigenvalue weighted by atomic mass is 32.1. The van der Waals surface area contributed by atoms with Crippen molar-refractivity contribution in [3.8, 4) is 0 Å². The van der Waals surface area contributed by atoms with Gasteiger partial charge < -0.3 is 9.47 Å². The van der Waals surface area contributed by atoms with Crippen molar-refractivity contribution in [1.82, 2.24) is 19.4 Å². The first-order valence-corrected chi connectivity index (χ1v) is 7.86. The fourth-order valence-electron chi connectivity index (χ4n) is 2.21. The molecular formula is C15H24N4S. The SMILES string of the molecule is CCN(Cc1cc(CN(C)C)cs1)Cc1nccn1C. The first-order valence-electron chi connectivity index (χ1n) is 6.98. The fourth-order valence-corrected chi connectivity index (χ4v) is 3.13. The Bertz CT molecular complexity index is 529. The van der Waals surface area contributed by atoms with Gasteiger partial charge in [-0.15, -0.1) is 11.3 Å². The summed E-state index contributed by atoms with van der Waals surface area (Å²) < 4.78 is 2.09. The maximum absolute atomic E-state index is 4.41. The first-order chi connectivity index (χ1) is 9.58. The normalized spacial score (nSPS) is 11.7. The zero-order valence-electron chi connectivity index (χ0n) is 12.8. The Morgan fingerprint density at radius 1 is 1.25 bits per heavy atom. The van der Waals surface area contributed by atoms with E-state index in [1.807, 2.05) is 23.7 Å². The Hall–Kier alpha value is -1.17. The summed E-state index contributed by atoms with van der Waals surface area (Å²) in [4.78, 5) is 10.5. The van der Waals surface area contributed by atoms with Crippen LogP contribution in [0.3, 0.4) is 0 Å². The van der Waals surface area contributed by atoms with Crippen LogP contribution in [0.2, 0.25) is 0 Å². The molecule has 2 aromatic heterocycles. The van der Waals surface area contributed by atoms with Gasteiger partial charge >= 0.3 is 0 Å². The predicted octanol–water partition coefficient (Wildman–Crippen LogP) is 2.57. The molecule has 0 unspecified atom stereocenters. The first kappa shape index (κ1) is 15.2. The molecule has 2 heterocycles. The van der Waals surface area contributed by atoms with E-state index in [0.717, 1.165) is 32.0 Å². The number of aromatic nitrogens is 2. The fraction of sp³-hybridized carbons (Fsp3) is 0.533. The van der Waals surface area contributed by atoms with E-state index in [-0.39, 0.29) is 0 Å². The molecule has 0 aliphatic carbocycles. The van der Waals surface area contributed by atoms with Crippen LogP contribution in [0, 0.1) is 0 Å². The molecule has 2 aromatic rings. The Labute approximate surface area is 125 Å². The van der Waals surface area contributed by atoms with Crippen LogP contribution in [-0.2, 0) is 26.7 Å². The Morgan fingerprint density at radius 3 is 2.65 bits per heavy atom. The minimum atomic E-state index is 0.904. The second-order valence-corrected chi connectivity index (χ2v) is 6.41. The third-order valence-corrected chi connectivity index (χ3v) is 4.29. The zero-order chi connectivity index (χ0) is 14.5. The molecule has 0 spiro atoms. The summed E-state index contributed by atoms with van der Waals surface area (Å²) >= 11 is 1.86. The highest BCUT2D eigenvalue weighted by Crippen LogP contribution is 2.18. The molecule has 0 aliphatic rings. The van der Waals surface area contributed by atoms with Crippen molar-refractivity contribution in [3.63, 3.8) is 0 Å². The third-order valence-electron chi connectivity index (χ3n) is 3.32. The lowest BCUT2D eigenvalue weighted by molar-refractivity contribution is 0.264. The maximum Gasteiger partial charge on any atom is 0.122 e. The summed E-state index contributed by atoms with van der Waals surface area (Å²) in [5, 5.41) is 2.27. The van der Waals surface area contributed by atoms with Crippen molar-refractivity contribution in [3.05, 3.63) is 40.1 Å². The molecule has 110 valence electrons. The molecule has 0 aliphatic heterocycles. The number of aryl methyl sites for hydroxylation is 1. The van der Waals surface area contributed by atoms with Gasteiger partial charge in [-0.2, -0.15) is 0 Å². The average Bonchev–Trinajstić information content (AvgIpc) is 2.98. The van der Waals surface area contributed by atoms with E-state index in [1.54, 1.807) is 0 Å². The topological polar surface area (TPSA) is 24.3 Å². The predicted molar refractivity (Wildman–Crippen MR) is 84.7 cm³/mol. The van der Waals surface area contributed by atoms with Gasteiger partial charge in [0.25, 0.3) is 0 Å². The number of thiophene rings is 1. The largest absolute Gasteiger partial charge is 0.337 e. The molecule has 20 heavy (non-hydrogen) atoms. The van der Waals surface area contributed by atoms with Gasteiger partial charge in [0.2, 0.25) is 0 Å². The second kappa shape index (κ2) is 7.02. The van der Waals surface area contributed by atoms with Crippen LogP contribution in [0.1, 0.15) is 23.2 Å². The molecule has 0 N–H and O–H groups in total. The molecule has 2 rings (SSSR count). The van der Waals surface area contributed by atoms with Crippen molar-refractivity contribution in [2.24, 2.45) is 7.05 Å². The van der Waals surface area contributed by atoms with E-state index in [1.165, 1.54) is 10.4 Å². The summed E-state index contributed by atoms with van der Waals surface area (Å²) in [6, 6.07) is 2.33. The van der Waals surface area contributed by atoms with Crippen LogP contribution in [-0.4, -0.2) is 40.0 Å². The molecule has 0 aromatic carbocycles. The van der Waals surface area contributed by atoms with Crippen LogP contribution in [0.5, 0.6) is 0 Å². The van der Waals surface area contributed by atoms with Crippen LogP contribution in [0.4, 0.5) is 0 Å². The lowest BCUT2D eigenvalue weighted by Gasteiger charge is -2.19. The summed E-state index contributed by atoms with van der Waals surface area (Å²) in [6.07, 6.45) is 3.87. The molecule has 0 atom stereocenters.